The highest BCUT2D eigenvalue weighted by Crippen LogP contribution is 2.28. The number of alkyl halides is 2. The fraction of sp³-hybridized carbons (Fsp3) is 0.250. The fourth-order valence-electron chi connectivity index (χ4n) is 0.972. The van der Waals surface area contributed by atoms with Crippen molar-refractivity contribution in [2.45, 2.75) is 6.43 Å². The van der Waals surface area contributed by atoms with Crippen molar-refractivity contribution in [2.24, 2.45) is 0 Å². The third kappa shape index (κ3) is 2.12. The molecule has 3 N–H and O–H groups in total. The first-order valence-electron chi connectivity index (χ1n) is 3.83. The van der Waals surface area contributed by atoms with Gasteiger partial charge in [0.05, 0.1) is 12.7 Å². The number of esters is 1. The molecule has 0 unspecified atom stereocenters. The SMILES string of the molecule is COC(=O)c1cc(O)c(N)nc1C(F)F. The molecule has 82 valence electrons. The van der Waals surface area contributed by atoms with Gasteiger partial charge < -0.3 is 15.6 Å². The van der Waals surface area contributed by atoms with Crippen LogP contribution in [0, 0.1) is 0 Å². The average molecular weight is 218 g/mol. The summed E-state index contributed by atoms with van der Waals surface area (Å²) in [6.07, 6.45) is -2.97. The maximum absolute atomic E-state index is 12.4. The quantitative estimate of drug-likeness (QED) is 0.726. The Labute approximate surface area is 83.5 Å². The van der Waals surface area contributed by atoms with Crippen LogP contribution in [0.15, 0.2) is 6.07 Å². The van der Waals surface area contributed by atoms with Crippen molar-refractivity contribution in [3.05, 3.63) is 17.3 Å². The molecule has 0 radical (unpaired) electrons. The molecule has 5 nitrogen and oxygen atoms in total. The lowest BCUT2D eigenvalue weighted by atomic mass is 10.2. The van der Waals surface area contributed by atoms with Crippen molar-refractivity contribution in [2.75, 3.05) is 12.8 Å². The van der Waals surface area contributed by atoms with Crippen LogP contribution in [-0.4, -0.2) is 23.2 Å². The highest BCUT2D eigenvalue weighted by atomic mass is 19.3. The van der Waals surface area contributed by atoms with E-state index in [-0.39, 0.29) is 0 Å². The number of rotatable bonds is 2. The zero-order valence-electron chi connectivity index (χ0n) is 7.70. The molecule has 15 heavy (non-hydrogen) atoms. The normalized spacial score (nSPS) is 10.4. The van der Waals surface area contributed by atoms with Crippen LogP contribution in [0.25, 0.3) is 0 Å². The molecule has 0 aliphatic carbocycles. The van der Waals surface area contributed by atoms with E-state index in [1.807, 2.05) is 0 Å². The van der Waals surface area contributed by atoms with E-state index in [9.17, 15) is 13.6 Å². The zero-order chi connectivity index (χ0) is 11.6. The first kappa shape index (κ1) is 11.2. The minimum atomic E-state index is -2.97. The van der Waals surface area contributed by atoms with Crippen molar-refractivity contribution in [1.82, 2.24) is 4.98 Å². The van der Waals surface area contributed by atoms with E-state index in [2.05, 4.69) is 9.72 Å². The summed E-state index contributed by atoms with van der Waals surface area (Å²) in [5.41, 5.74) is 3.81. The van der Waals surface area contributed by atoms with Crippen LogP contribution in [0.1, 0.15) is 22.5 Å². The van der Waals surface area contributed by atoms with Gasteiger partial charge in [0.2, 0.25) is 0 Å². The summed E-state index contributed by atoms with van der Waals surface area (Å²) in [5, 5.41) is 9.11. The number of anilines is 1. The number of carbonyl (C=O) groups is 1. The van der Waals surface area contributed by atoms with Gasteiger partial charge in [0.15, 0.2) is 11.6 Å². The van der Waals surface area contributed by atoms with Gasteiger partial charge in [0.1, 0.15) is 5.69 Å². The van der Waals surface area contributed by atoms with Gasteiger partial charge in [-0.05, 0) is 0 Å². The molecule has 0 atom stereocenters. The Hall–Kier alpha value is -1.92. The van der Waals surface area contributed by atoms with Crippen LogP contribution in [0.4, 0.5) is 14.6 Å². The summed E-state index contributed by atoms with van der Waals surface area (Å²) in [6.45, 7) is 0. The molecule has 1 heterocycles. The van der Waals surface area contributed by atoms with Crippen molar-refractivity contribution in [3.63, 3.8) is 0 Å². The van der Waals surface area contributed by atoms with Gasteiger partial charge in [-0.15, -0.1) is 0 Å². The summed E-state index contributed by atoms with van der Waals surface area (Å²) in [7, 11) is 1.03. The predicted molar refractivity (Wildman–Crippen MR) is 46.6 cm³/mol. The van der Waals surface area contributed by atoms with Crippen molar-refractivity contribution >= 4 is 11.8 Å². The Bertz CT molecular complexity index is 396. The van der Waals surface area contributed by atoms with Crippen LogP contribution < -0.4 is 5.73 Å². The van der Waals surface area contributed by atoms with Gasteiger partial charge in [-0.3, -0.25) is 0 Å². The number of nitrogens with zero attached hydrogens (tertiary/aromatic N) is 1. The lowest BCUT2D eigenvalue weighted by Gasteiger charge is -2.08. The van der Waals surface area contributed by atoms with Crippen molar-refractivity contribution in [1.29, 1.82) is 0 Å². The molecule has 0 fully saturated rings. The van der Waals surface area contributed by atoms with Crippen molar-refractivity contribution < 1.29 is 23.4 Å². The topological polar surface area (TPSA) is 85.4 Å². The van der Waals surface area contributed by atoms with Crippen LogP contribution in [0.5, 0.6) is 5.75 Å². The summed E-state index contributed by atoms with van der Waals surface area (Å²) in [6, 6.07) is 0.801. The first-order valence-corrected chi connectivity index (χ1v) is 3.83. The van der Waals surface area contributed by atoms with E-state index in [1.165, 1.54) is 0 Å². The molecule has 1 aromatic rings. The predicted octanol–water partition coefficient (Wildman–Crippen LogP) is 1.09. The molecule has 0 amide bonds. The Morgan fingerprint density at radius 1 is 1.67 bits per heavy atom. The number of carbonyl (C=O) groups excluding carboxylic acids is 1. The summed E-state index contributed by atoms with van der Waals surface area (Å²) in [5.74, 6) is -2.01. The number of ether oxygens (including phenoxy) is 1. The van der Waals surface area contributed by atoms with Gasteiger partial charge in [0.25, 0.3) is 6.43 Å². The van der Waals surface area contributed by atoms with Gasteiger partial charge in [-0.25, -0.2) is 18.6 Å². The number of halogens is 2. The number of hydrogen-bond acceptors (Lipinski definition) is 5. The van der Waals surface area contributed by atoms with E-state index in [0.29, 0.717) is 0 Å². The fourth-order valence-corrected chi connectivity index (χ4v) is 0.972. The number of nitrogens with two attached hydrogens (primary N) is 1. The third-order valence-electron chi connectivity index (χ3n) is 1.67. The molecular formula is C8H8F2N2O3. The second-order valence-electron chi connectivity index (χ2n) is 2.62. The summed E-state index contributed by atoms with van der Waals surface area (Å²) in [4.78, 5) is 14.3. The molecule has 0 aromatic carbocycles. The van der Waals surface area contributed by atoms with Crippen LogP contribution >= 0.6 is 0 Å². The van der Waals surface area contributed by atoms with Gasteiger partial charge in [0, 0.05) is 6.07 Å². The smallest absolute Gasteiger partial charge is 0.340 e. The van der Waals surface area contributed by atoms with Crippen molar-refractivity contribution in [3.8, 4) is 5.75 Å². The molecular weight excluding hydrogens is 210 g/mol. The number of hydrogen-bond donors (Lipinski definition) is 2. The number of aromatic nitrogens is 1. The van der Waals surface area contributed by atoms with Crippen LogP contribution in [0.3, 0.4) is 0 Å². The van der Waals surface area contributed by atoms with E-state index in [1.54, 1.807) is 0 Å². The van der Waals surface area contributed by atoms with Crippen LogP contribution in [0.2, 0.25) is 0 Å². The molecule has 0 bridgehead atoms. The van der Waals surface area contributed by atoms with E-state index >= 15 is 0 Å². The van der Waals surface area contributed by atoms with E-state index in [0.717, 1.165) is 13.2 Å². The Kier molecular flexibility index (Phi) is 3.03. The maximum Gasteiger partial charge on any atom is 0.340 e. The van der Waals surface area contributed by atoms with E-state index in [4.69, 9.17) is 10.8 Å². The molecule has 0 aliphatic heterocycles. The maximum atomic E-state index is 12.4. The molecule has 0 saturated carbocycles. The summed E-state index contributed by atoms with van der Waals surface area (Å²) < 4.78 is 29.1. The molecule has 0 spiro atoms. The standard InChI is InChI=1S/C8H8F2N2O3/c1-15-8(14)3-2-4(13)7(11)12-5(3)6(9)10/h2,6,13H,1H3,(H2,11,12). The Morgan fingerprint density at radius 2 is 2.27 bits per heavy atom. The molecule has 1 aromatic heterocycles. The number of nitrogen functional groups attached to an aromatic ring is 1. The monoisotopic (exact) mass is 218 g/mol. The number of aromatic hydroxyl groups is 1. The Morgan fingerprint density at radius 3 is 2.73 bits per heavy atom. The molecule has 0 aliphatic rings. The second kappa shape index (κ2) is 4.07. The van der Waals surface area contributed by atoms with Crippen LogP contribution in [-0.2, 0) is 4.74 Å². The number of pyridine rings is 1. The minimum absolute atomic E-state index is 0.460. The minimum Gasteiger partial charge on any atom is -0.504 e. The van der Waals surface area contributed by atoms with E-state index < -0.39 is 35.2 Å². The highest BCUT2D eigenvalue weighted by Gasteiger charge is 2.22. The highest BCUT2D eigenvalue weighted by molar-refractivity contribution is 5.91. The second-order valence-corrected chi connectivity index (χ2v) is 2.62. The van der Waals surface area contributed by atoms with Gasteiger partial charge >= 0.3 is 5.97 Å². The third-order valence-corrected chi connectivity index (χ3v) is 1.67. The number of methoxy groups -OCH3 is 1. The van der Waals surface area contributed by atoms with Gasteiger partial charge in [-0.1, -0.05) is 0 Å². The lowest BCUT2D eigenvalue weighted by molar-refractivity contribution is 0.0586. The zero-order valence-corrected chi connectivity index (χ0v) is 7.70. The molecule has 0 saturated heterocycles. The lowest BCUT2D eigenvalue weighted by Crippen LogP contribution is -2.09. The van der Waals surface area contributed by atoms with Gasteiger partial charge in [-0.2, -0.15) is 0 Å². The molecule has 7 heteroatoms. The summed E-state index contributed by atoms with van der Waals surface area (Å²) >= 11 is 0. The first-order chi connectivity index (χ1) is 6.97. The average Bonchev–Trinajstić information content (AvgIpc) is 2.20. The largest absolute Gasteiger partial charge is 0.504 e. The Balaban J connectivity index is 3.34. The molecule has 1 rings (SSSR count).